The Balaban J connectivity index is 1.65. The Hall–Kier alpha value is -2.56. The summed E-state index contributed by atoms with van der Waals surface area (Å²) >= 11 is 20.4. The van der Waals surface area contributed by atoms with Crippen LogP contribution in [-0.4, -0.2) is 28.6 Å². The lowest BCUT2D eigenvalue weighted by atomic mass is 10.1. The van der Waals surface area contributed by atoms with Crippen LogP contribution in [-0.2, 0) is 16.1 Å². The van der Waals surface area contributed by atoms with Gasteiger partial charge in [-0.1, -0.05) is 65.3 Å². The van der Waals surface area contributed by atoms with Crippen molar-refractivity contribution >= 4 is 89.8 Å². The fraction of sp³-hybridized carbons (Fsp3) is 0.107. The normalized spacial score (nSPS) is 15.2. The second-order valence-corrected chi connectivity index (χ2v) is 11.5. The Morgan fingerprint density at radius 1 is 1.03 bits per heavy atom. The van der Waals surface area contributed by atoms with E-state index in [0.29, 0.717) is 30.2 Å². The molecule has 3 aromatic carbocycles. The van der Waals surface area contributed by atoms with Gasteiger partial charge in [0.1, 0.15) is 28.7 Å². The van der Waals surface area contributed by atoms with Crippen LogP contribution in [0.3, 0.4) is 0 Å². The molecule has 0 radical (unpaired) electrons. The second kappa shape index (κ2) is 13.2. The monoisotopic (exact) mass is 709 g/mol. The molecule has 0 atom stereocenters. The van der Waals surface area contributed by atoms with E-state index >= 15 is 0 Å². The van der Waals surface area contributed by atoms with E-state index in [1.54, 1.807) is 49.4 Å². The maximum atomic E-state index is 12.8. The predicted molar refractivity (Wildman–Crippen MR) is 163 cm³/mol. The van der Waals surface area contributed by atoms with Crippen LogP contribution >= 0.6 is 66.8 Å². The molecular formula is C28H19Br2Cl2NO5S. The third kappa shape index (κ3) is 6.96. The van der Waals surface area contributed by atoms with E-state index in [2.05, 4.69) is 36.9 Å². The molecule has 0 saturated heterocycles. The number of carbonyl (C=O) groups excluding carboxylic acids is 2. The maximum absolute atomic E-state index is 12.8. The lowest BCUT2D eigenvalue weighted by Gasteiger charge is -2.12. The van der Waals surface area contributed by atoms with Gasteiger partial charge in [0.2, 0.25) is 0 Å². The fourth-order valence-electron chi connectivity index (χ4n) is 3.50. The van der Waals surface area contributed by atoms with E-state index in [9.17, 15) is 14.7 Å². The Morgan fingerprint density at radius 2 is 1.67 bits per heavy atom. The Morgan fingerprint density at radius 3 is 2.31 bits per heavy atom. The van der Waals surface area contributed by atoms with E-state index in [-0.39, 0.29) is 40.2 Å². The van der Waals surface area contributed by atoms with Gasteiger partial charge < -0.3 is 14.6 Å². The summed E-state index contributed by atoms with van der Waals surface area (Å²) < 4.78 is 12.4. The summed E-state index contributed by atoms with van der Waals surface area (Å²) in [5.41, 5.74) is 1.50. The summed E-state index contributed by atoms with van der Waals surface area (Å²) in [6, 6.07) is 17.4. The molecule has 4 rings (SSSR count). The molecule has 0 saturated carbocycles. The van der Waals surface area contributed by atoms with Crippen molar-refractivity contribution < 1.29 is 24.2 Å². The van der Waals surface area contributed by atoms with Gasteiger partial charge in [-0.3, -0.25) is 4.79 Å². The summed E-state index contributed by atoms with van der Waals surface area (Å²) in [4.78, 5) is 29.9. The average molecular weight is 712 g/mol. The molecule has 0 fully saturated rings. The van der Waals surface area contributed by atoms with Gasteiger partial charge in [0.15, 0.2) is 0 Å². The zero-order chi connectivity index (χ0) is 28.1. The molecule has 0 unspecified atom stereocenters. The number of amides is 1. The highest BCUT2D eigenvalue weighted by atomic mass is 79.9. The number of hydrogen-bond acceptors (Lipinski definition) is 6. The van der Waals surface area contributed by atoms with Crippen molar-refractivity contribution in [3.63, 3.8) is 0 Å². The van der Waals surface area contributed by atoms with Crippen LogP contribution in [0.5, 0.6) is 5.75 Å². The number of benzene rings is 3. The summed E-state index contributed by atoms with van der Waals surface area (Å²) in [6.45, 7) is 1.99. The van der Waals surface area contributed by atoms with E-state index < -0.39 is 11.9 Å². The minimum Gasteiger partial charge on any atom is -0.506 e. The van der Waals surface area contributed by atoms with Gasteiger partial charge >= 0.3 is 5.97 Å². The lowest BCUT2D eigenvalue weighted by molar-refractivity contribution is -0.138. The minimum atomic E-state index is -0.790. The number of esters is 1. The van der Waals surface area contributed by atoms with Crippen LogP contribution < -0.4 is 4.74 Å². The number of carbonyl (C=O) groups is 2. The number of hydrogen-bond donors (Lipinski definition) is 1. The van der Waals surface area contributed by atoms with Crippen molar-refractivity contribution in [2.45, 2.75) is 13.5 Å². The molecule has 200 valence electrons. The van der Waals surface area contributed by atoms with Crippen LogP contribution in [0.25, 0.3) is 6.08 Å². The maximum Gasteiger partial charge on any atom is 0.344 e. The molecule has 6 nitrogen and oxygen atoms in total. The Bertz CT molecular complexity index is 1530. The van der Waals surface area contributed by atoms with Crippen molar-refractivity contribution in [2.24, 2.45) is 4.99 Å². The summed E-state index contributed by atoms with van der Waals surface area (Å²) in [6.07, 6.45) is 1.66. The van der Waals surface area contributed by atoms with Crippen molar-refractivity contribution in [3.8, 4) is 5.75 Å². The van der Waals surface area contributed by atoms with Gasteiger partial charge in [0, 0.05) is 10.6 Å². The van der Waals surface area contributed by atoms with Crippen LogP contribution in [0.2, 0.25) is 10.0 Å². The summed E-state index contributed by atoms with van der Waals surface area (Å²) in [5.74, 6) is -1.21. The molecule has 1 heterocycles. The van der Waals surface area contributed by atoms with Crippen LogP contribution in [0.15, 0.2) is 90.8 Å². The molecule has 0 aromatic heterocycles. The number of rotatable bonds is 7. The van der Waals surface area contributed by atoms with Crippen LogP contribution in [0, 0.1) is 0 Å². The smallest absolute Gasteiger partial charge is 0.344 e. The first kappa shape index (κ1) is 29.4. The summed E-state index contributed by atoms with van der Waals surface area (Å²) in [5, 5.41) is 11.8. The quantitative estimate of drug-likeness (QED) is 0.247. The van der Waals surface area contributed by atoms with E-state index in [0.717, 1.165) is 17.3 Å². The minimum absolute atomic E-state index is 0.0138. The van der Waals surface area contributed by atoms with E-state index in [1.165, 1.54) is 6.07 Å². The topological polar surface area (TPSA) is 85.2 Å². The zero-order valence-corrected chi connectivity index (χ0v) is 25.7. The number of thioether (sulfide) groups is 1. The van der Waals surface area contributed by atoms with Crippen LogP contribution in [0.1, 0.15) is 28.4 Å². The van der Waals surface area contributed by atoms with Gasteiger partial charge in [-0.25, -0.2) is 9.79 Å². The number of nitrogens with zero attached hydrogens (tertiary/aromatic N) is 1. The van der Waals surface area contributed by atoms with Gasteiger partial charge in [-0.15, -0.1) is 0 Å². The van der Waals surface area contributed by atoms with E-state index in [4.69, 9.17) is 32.7 Å². The SMILES string of the molecule is CCOC(=O)C1=C(O)/C(=C/c2cc(Br)c(OCc3ccccc3Cl)c(Br)c2)SC1=NC(=O)c1ccccc1Cl. The Labute approximate surface area is 256 Å². The summed E-state index contributed by atoms with van der Waals surface area (Å²) in [7, 11) is 0. The molecule has 1 aliphatic rings. The van der Waals surface area contributed by atoms with Gasteiger partial charge in [0.25, 0.3) is 5.91 Å². The standard InChI is InChI=1S/C28H19Br2Cl2NO5S/c1-2-37-28(36)23-24(34)22(39-27(23)33-26(35)17-8-4-6-10-21(17)32)13-15-11-18(29)25(19(30)12-15)38-14-16-7-3-5-9-20(16)31/h3-13,34H,2,14H2,1H3/b22-13-,33-27?. The highest BCUT2D eigenvalue weighted by molar-refractivity contribution is 9.11. The molecule has 0 aliphatic carbocycles. The van der Waals surface area contributed by atoms with Gasteiger partial charge in [-0.2, -0.15) is 0 Å². The molecule has 1 aliphatic heterocycles. The largest absolute Gasteiger partial charge is 0.506 e. The number of aliphatic hydroxyl groups excluding tert-OH is 1. The number of halogens is 4. The zero-order valence-electron chi connectivity index (χ0n) is 20.2. The van der Waals surface area contributed by atoms with Gasteiger partial charge in [-0.05, 0) is 80.8 Å². The molecule has 0 spiro atoms. The first-order valence-corrected chi connectivity index (χ1v) is 14.6. The lowest BCUT2D eigenvalue weighted by Crippen LogP contribution is -2.14. The molecule has 1 N–H and O–H groups in total. The molecule has 3 aromatic rings. The average Bonchev–Trinajstić information content (AvgIpc) is 3.19. The molecule has 1 amide bonds. The van der Waals surface area contributed by atoms with Crippen molar-refractivity contribution in [1.29, 1.82) is 0 Å². The highest BCUT2D eigenvalue weighted by Crippen LogP contribution is 2.41. The Kier molecular flexibility index (Phi) is 9.96. The number of ether oxygens (including phenoxy) is 2. The first-order valence-electron chi connectivity index (χ1n) is 11.4. The third-order valence-electron chi connectivity index (χ3n) is 5.33. The van der Waals surface area contributed by atoms with Crippen molar-refractivity contribution in [2.75, 3.05) is 6.61 Å². The molecule has 39 heavy (non-hydrogen) atoms. The number of aliphatic imine (C=N–C) groups is 1. The van der Waals surface area contributed by atoms with Crippen LogP contribution in [0.4, 0.5) is 0 Å². The van der Waals surface area contributed by atoms with Gasteiger partial charge in [0.05, 0.1) is 31.0 Å². The fourth-order valence-corrected chi connectivity index (χ4v) is 6.37. The molecular weight excluding hydrogens is 693 g/mol. The van der Waals surface area contributed by atoms with Crippen molar-refractivity contribution in [1.82, 2.24) is 0 Å². The predicted octanol–water partition coefficient (Wildman–Crippen LogP) is 8.80. The molecule has 0 bridgehead atoms. The second-order valence-electron chi connectivity index (χ2n) is 7.95. The number of aliphatic hydroxyl groups is 1. The van der Waals surface area contributed by atoms with E-state index in [1.807, 2.05) is 18.2 Å². The highest BCUT2D eigenvalue weighted by Gasteiger charge is 2.34. The molecule has 11 heteroatoms. The van der Waals surface area contributed by atoms with Crippen molar-refractivity contribution in [3.05, 3.63) is 113 Å². The first-order chi connectivity index (χ1) is 18.7. The third-order valence-corrected chi connectivity index (χ3v) is 8.22.